The minimum absolute atomic E-state index is 0. The van der Waals surface area contributed by atoms with Gasteiger partial charge in [-0.25, -0.2) is 0 Å². The van der Waals surface area contributed by atoms with E-state index in [1.165, 1.54) is 12.8 Å². The zero-order valence-corrected chi connectivity index (χ0v) is 17.3. The molecule has 2 aliphatic carbocycles. The van der Waals surface area contributed by atoms with Crippen LogP contribution in [0.15, 0.2) is 0 Å². The first-order valence-corrected chi connectivity index (χ1v) is 7.85. The van der Waals surface area contributed by atoms with Gasteiger partial charge in [0.25, 0.3) is 0 Å². The first-order chi connectivity index (χ1) is 9.43. The molecule has 0 aromatic heterocycles. The van der Waals surface area contributed by atoms with E-state index >= 15 is 0 Å². The number of carbonyl (C=O) groups is 2. The summed E-state index contributed by atoms with van der Waals surface area (Å²) in [6, 6.07) is 0. The standard InChI is InChI=1S/2C8H14O2.Cd/c2*1-6-4-2-3-5-7(6)8(9)10;/h2*6-7H,2-5H2,1H3,(H,9,10);/q;;+2/p-2. The van der Waals surface area contributed by atoms with Crippen LogP contribution in [0.5, 0.6) is 0 Å². The molecule has 0 saturated heterocycles. The smallest absolute Gasteiger partial charge is 0.550 e. The zero-order chi connectivity index (χ0) is 15.1. The normalized spacial score (nSPS) is 32.1. The van der Waals surface area contributed by atoms with Gasteiger partial charge in [0.1, 0.15) is 0 Å². The fourth-order valence-electron chi connectivity index (χ4n) is 3.33. The van der Waals surface area contributed by atoms with Crippen LogP contribution in [0.25, 0.3) is 0 Å². The molecule has 4 nitrogen and oxygen atoms in total. The van der Waals surface area contributed by atoms with Crippen molar-refractivity contribution in [3.63, 3.8) is 0 Å². The quantitative estimate of drug-likeness (QED) is 0.657. The third-order valence-electron chi connectivity index (χ3n) is 4.83. The van der Waals surface area contributed by atoms with Crippen molar-refractivity contribution >= 4 is 11.9 Å². The van der Waals surface area contributed by atoms with Gasteiger partial charge < -0.3 is 19.8 Å². The van der Waals surface area contributed by atoms with Crippen molar-refractivity contribution in [3.05, 3.63) is 0 Å². The molecule has 0 aliphatic heterocycles. The van der Waals surface area contributed by atoms with Crippen molar-refractivity contribution in [2.75, 3.05) is 0 Å². The Labute approximate surface area is 147 Å². The molecule has 2 saturated carbocycles. The number of rotatable bonds is 2. The maximum atomic E-state index is 10.5. The molecule has 0 radical (unpaired) electrons. The summed E-state index contributed by atoms with van der Waals surface area (Å²) in [4.78, 5) is 20.9. The monoisotopic (exact) mass is 396 g/mol. The van der Waals surface area contributed by atoms with E-state index in [0.717, 1.165) is 38.5 Å². The number of carboxylic acid groups (broad SMARTS) is 2. The summed E-state index contributed by atoms with van der Waals surface area (Å²) in [5, 5.41) is 20.9. The summed E-state index contributed by atoms with van der Waals surface area (Å²) in [5.41, 5.74) is 0. The Kier molecular flexibility index (Phi) is 10.5. The molecule has 4 unspecified atom stereocenters. The first kappa shape index (κ1) is 20.9. The predicted molar refractivity (Wildman–Crippen MR) is 72.3 cm³/mol. The van der Waals surface area contributed by atoms with Crippen molar-refractivity contribution in [1.29, 1.82) is 0 Å². The Hall–Kier alpha value is -0.138. The van der Waals surface area contributed by atoms with Gasteiger partial charge in [-0.3, -0.25) is 0 Å². The van der Waals surface area contributed by atoms with Crippen molar-refractivity contribution < 1.29 is 47.1 Å². The Morgan fingerprint density at radius 3 is 1.19 bits per heavy atom. The Balaban J connectivity index is 0.000000364. The van der Waals surface area contributed by atoms with Crippen LogP contribution in [0.3, 0.4) is 0 Å². The van der Waals surface area contributed by atoms with E-state index in [-0.39, 0.29) is 39.1 Å². The maximum Gasteiger partial charge on any atom is 2.00 e. The van der Waals surface area contributed by atoms with Gasteiger partial charge in [-0.2, -0.15) is 0 Å². The van der Waals surface area contributed by atoms with E-state index in [4.69, 9.17) is 0 Å². The molecule has 0 aromatic carbocycles. The second-order valence-electron chi connectivity index (χ2n) is 6.37. The molecule has 0 spiro atoms. The van der Waals surface area contributed by atoms with Crippen LogP contribution in [0.1, 0.15) is 65.2 Å². The van der Waals surface area contributed by atoms with E-state index in [1.807, 2.05) is 13.8 Å². The van der Waals surface area contributed by atoms with Crippen LogP contribution < -0.4 is 10.2 Å². The molecule has 0 aromatic rings. The van der Waals surface area contributed by atoms with Gasteiger partial charge in [0.15, 0.2) is 0 Å². The SMILES string of the molecule is CC1CCCCC1C(=O)[O-].CC1CCCCC1C(=O)[O-].[Cd+2]. The number of aliphatic carboxylic acids is 2. The van der Waals surface area contributed by atoms with Crippen LogP contribution >= 0.6 is 0 Å². The minimum atomic E-state index is -0.854. The Morgan fingerprint density at radius 1 is 0.714 bits per heavy atom. The Bertz CT molecular complexity index is 300. The summed E-state index contributed by atoms with van der Waals surface area (Å²) in [7, 11) is 0. The van der Waals surface area contributed by atoms with E-state index in [0.29, 0.717) is 11.8 Å². The van der Waals surface area contributed by atoms with Gasteiger partial charge in [-0.05, 0) is 24.7 Å². The molecule has 0 N–H and O–H groups in total. The summed E-state index contributed by atoms with van der Waals surface area (Å²) < 4.78 is 0. The molecule has 0 amide bonds. The molecule has 0 heterocycles. The summed E-state index contributed by atoms with van der Waals surface area (Å²) in [5.74, 6) is -1.39. The van der Waals surface area contributed by atoms with E-state index in [1.54, 1.807) is 0 Å². The van der Waals surface area contributed by atoms with E-state index < -0.39 is 11.9 Å². The third kappa shape index (κ3) is 7.11. The topological polar surface area (TPSA) is 80.3 Å². The van der Waals surface area contributed by atoms with Gasteiger partial charge in [-0.1, -0.05) is 52.4 Å². The molecule has 4 atom stereocenters. The van der Waals surface area contributed by atoms with Crippen LogP contribution in [0, 0.1) is 23.7 Å². The molecule has 0 bridgehead atoms. The molecular weight excluding hydrogens is 369 g/mol. The molecule has 2 rings (SSSR count). The fourth-order valence-corrected chi connectivity index (χ4v) is 3.33. The summed E-state index contributed by atoms with van der Waals surface area (Å²) in [6.07, 6.45) is 8.24. The minimum Gasteiger partial charge on any atom is -0.550 e. The molecule has 2 fully saturated rings. The number of carbonyl (C=O) groups excluding carboxylic acids is 2. The summed E-state index contributed by atoms with van der Waals surface area (Å²) >= 11 is 0. The number of hydrogen-bond acceptors (Lipinski definition) is 4. The molecule has 21 heavy (non-hydrogen) atoms. The summed E-state index contributed by atoms with van der Waals surface area (Å²) in [6.45, 7) is 4.00. The van der Waals surface area contributed by atoms with Crippen LogP contribution in [0.4, 0.5) is 0 Å². The first-order valence-electron chi connectivity index (χ1n) is 7.85. The average Bonchev–Trinajstić information content (AvgIpc) is 2.40. The molecule has 5 heteroatoms. The Morgan fingerprint density at radius 2 is 1.00 bits per heavy atom. The van der Waals surface area contributed by atoms with Crippen molar-refractivity contribution in [1.82, 2.24) is 0 Å². The van der Waals surface area contributed by atoms with E-state index in [9.17, 15) is 19.8 Å². The predicted octanol–water partition coefficient (Wildman–Crippen LogP) is 1.12. The van der Waals surface area contributed by atoms with Crippen LogP contribution in [0.2, 0.25) is 0 Å². The fraction of sp³-hybridized carbons (Fsp3) is 0.875. The third-order valence-corrected chi connectivity index (χ3v) is 4.83. The van der Waals surface area contributed by atoms with Crippen molar-refractivity contribution in [3.8, 4) is 0 Å². The van der Waals surface area contributed by atoms with Gasteiger partial charge in [0, 0.05) is 23.8 Å². The van der Waals surface area contributed by atoms with Gasteiger partial charge >= 0.3 is 27.3 Å². The van der Waals surface area contributed by atoms with Gasteiger partial charge in [-0.15, -0.1) is 0 Å². The van der Waals surface area contributed by atoms with Crippen molar-refractivity contribution in [2.24, 2.45) is 23.7 Å². The van der Waals surface area contributed by atoms with Crippen molar-refractivity contribution in [2.45, 2.75) is 65.2 Å². The molecule has 116 valence electrons. The van der Waals surface area contributed by atoms with Crippen LogP contribution in [-0.2, 0) is 36.9 Å². The average molecular weight is 395 g/mol. The second kappa shape index (κ2) is 10.6. The molecule has 2 aliphatic rings. The number of carboxylic acids is 2. The van der Waals surface area contributed by atoms with E-state index in [2.05, 4.69) is 0 Å². The largest absolute Gasteiger partial charge is 2.00 e. The van der Waals surface area contributed by atoms with Gasteiger partial charge in [0.2, 0.25) is 0 Å². The number of hydrogen-bond donors (Lipinski definition) is 0. The maximum absolute atomic E-state index is 10.5. The zero-order valence-electron chi connectivity index (χ0n) is 13.3. The van der Waals surface area contributed by atoms with Gasteiger partial charge in [0.05, 0.1) is 0 Å². The second-order valence-corrected chi connectivity index (χ2v) is 6.37. The molecular formula is C16H26CdO4. The van der Waals surface area contributed by atoms with Crippen LogP contribution in [-0.4, -0.2) is 11.9 Å².